The molecule has 0 saturated carbocycles. The molecular formula is C23H26N4O2. The minimum Gasteiger partial charge on any atom is -0.348 e. The number of aromatic nitrogens is 3. The first kappa shape index (κ1) is 18.2. The summed E-state index contributed by atoms with van der Waals surface area (Å²) in [5.74, 6) is 0.816. The molecule has 150 valence electrons. The number of nitrogens with zero attached hydrogens (tertiary/aromatic N) is 3. The fourth-order valence-electron chi connectivity index (χ4n) is 4.86. The van der Waals surface area contributed by atoms with E-state index in [1.54, 1.807) is 0 Å². The second kappa shape index (κ2) is 7.17. The van der Waals surface area contributed by atoms with Crippen LogP contribution in [0.15, 0.2) is 35.1 Å². The minimum absolute atomic E-state index is 0.0148. The minimum atomic E-state index is -0.0633. The normalized spacial score (nSPS) is 18.3. The zero-order chi connectivity index (χ0) is 20.0. The molecular weight excluding hydrogens is 364 g/mol. The predicted octanol–water partition coefficient (Wildman–Crippen LogP) is 3.04. The summed E-state index contributed by atoms with van der Waals surface area (Å²) in [7, 11) is 0. The van der Waals surface area contributed by atoms with Crippen LogP contribution >= 0.6 is 0 Å². The summed E-state index contributed by atoms with van der Waals surface area (Å²) < 4.78 is 3.65. The Kier molecular flexibility index (Phi) is 4.49. The molecule has 29 heavy (non-hydrogen) atoms. The van der Waals surface area contributed by atoms with Crippen LogP contribution in [0.5, 0.6) is 0 Å². The SMILES string of the molecule is Cc1cc2nc3n(c(=O)c2n1CC(=O)NC1CCc2ccccc21)CCCCC3. The highest BCUT2D eigenvalue weighted by molar-refractivity contribution is 5.82. The van der Waals surface area contributed by atoms with Crippen LogP contribution in [-0.2, 0) is 30.7 Å². The number of nitrogens with one attached hydrogen (secondary N) is 1. The number of amides is 1. The van der Waals surface area contributed by atoms with Gasteiger partial charge in [0, 0.05) is 18.7 Å². The van der Waals surface area contributed by atoms with Gasteiger partial charge in [0.15, 0.2) is 0 Å². The van der Waals surface area contributed by atoms with Gasteiger partial charge in [-0.1, -0.05) is 30.7 Å². The molecule has 2 aromatic heterocycles. The van der Waals surface area contributed by atoms with Crippen LogP contribution in [0.2, 0.25) is 0 Å². The first-order chi connectivity index (χ1) is 14.1. The highest BCUT2D eigenvalue weighted by Crippen LogP contribution is 2.30. The monoisotopic (exact) mass is 390 g/mol. The van der Waals surface area contributed by atoms with E-state index < -0.39 is 0 Å². The van der Waals surface area contributed by atoms with Crippen molar-refractivity contribution >= 4 is 16.9 Å². The number of aryl methyl sites for hydroxylation is 3. The van der Waals surface area contributed by atoms with Gasteiger partial charge in [-0.15, -0.1) is 0 Å². The fourth-order valence-corrected chi connectivity index (χ4v) is 4.86. The van der Waals surface area contributed by atoms with Gasteiger partial charge in [0.05, 0.1) is 11.6 Å². The quantitative estimate of drug-likeness (QED) is 0.747. The highest BCUT2D eigenvalue weighted by atomic mass is 16.2. The summed E-state index contributed by atoms with van der Waals surface area (Å²) in [5, 5.41) is 3.17. The second-order valence-corrected chi connectivity index (χ2v) is 8.26. The van der Waals surface area contributed by atoms with Gasteiger partial charge in [0.1, 0.15) is 17.9 Å². The summed E-state index contributed by atoms with van der Waals surface area (Å²) in [6.45, 7) is 2.80. The Hall–Kier alpha value is -2.89. The smallest absolute Gasteiger partial charge is 0.278 e. The molecule has 1 amide bonds. The molecule has 0 spiro atoms. The van der Waals surface area contributed by atoms with Gasteiger partial charge in [0.2, 0.25) is 5.91 Å². The number of rotatable bonds is 3. The van der Waals surface area contributed by atoms with Gasteiger partial charge >= 0.3 is 0 Å². The maximum atomic E-state index is 13.2. The van der Waals surface area contributed by atoms with Gasteiger partial charge in [0.25, 0.3) is 5.56 Å². The summed E-state index contributed by atoms with van der Waals surface area (Å²) >= 11 is 0. The molecule has 0 bridgehead atoms. The standard InChI is InChI=1S/C23H26N4O2/c1-15-13-19-22(23(29)26-12-6-2-3-9-20(26)24-19)27(15)14-21(28)25-18-11-10-16-7-4-5-8-17(16)18/h4-5,7-8,13,18H,2-3,6,9-12,14H2,1H3,(H,25,28). The third kappa shape index (κ3) is 3.16. The molecule has 1 aliphatic carbocycles. The number of benzene rings is 1. The van der Waals surface area contributed by atoms with E-state index in [0.717, 1.165) is 50.0 Å². The third-order valence-corrected chi connectivity index (χ3v) is 6.34. The number of hydrogen-bond donors (Lipinski definition) is 1. The van der Waals surface area contributed by atoms with Gasteiger partial charge in [-0.3, -0.25) is 14.2 Å². The maximum Gasteiger partial charge on any atom is 0.278 e. The molecule has 1 atom stereocenters. The van der Waals surface area contributed by atoms with Crippen molar-refractivity contribution in [2.75, 3.05) is 0 Å². The number of carbonyl (C=O) groups excluding carboxylic acids is 1. The Morgan fingerprint density at radius 3 is 2.97 bits per heavy atom. The van der Waals surface area contributed by atoms with Crippen LogP contribution in [0.3, 0.4) is 0 Å². The van der Waals surface area contributed by atoms with Crippen LogP contribution in [0.25, 0.3) is 11.0 Å². The summed E-state index contributed by atoms with van der Waals surface area (Å²) in [5.41, 5.74) is 4.66. The molecule has 0 radical (unpaired) electrons. The van der Waals surface area contributed by atoms with Gasteiger partial charge in [-0.2, -0.15) is 0 Å². The van der Waals surface area contributed by atoms with Crippen LogP contribution in [0, 0.1) is 6.92 Å². The van der Waals surface area contributed by atoms with E-state index in [4.69, 9.17) is 4.98 Å². The van der Waals surface area contributed by atoms with Gasteiger partial charge in [-0.25, -0.2) is 4.98 Å². The molecule has 1 aromatic carbocycles. The Balaban J connectivity index is 1.45. The maximum absolute atomic E-state index is 13.2. The lowest BCUT2D eigenvalue weighted by molar-refractivity contribution is -0.122. The molecule has 1 unspecified atom stereocenters. The van der Waals surface area contributed by atoms with E-state index in [1.807, 2.05) is 34.3 Å². The number of carbonyl (C=O) groups is 1. The Morgan fingerprint density at radius 1 is 1.21 bits per heavy atom. The van der Waals surface area contributed by atoms with Crippen LogP contribution in [0.1, 0.15) is 54.4 Å². The van der Waals surface area contributed by atoms with E-state index >= 15 is 0 Å². The molecule has 3 heterocycles. The van der Waals surface area contributed by atoms with Gasteiger partial charge in [-0.05, 0) is 49.8 Å². The second-order valence-electron chi connectivity index (χ2n) is 8.26. The molecule has 1 aliphatic heterocycles. The fraction of sp³-hybridized carbons (Fsp3) is 0.435. The largest absolute Gasteiger partial charge is 0.348 e. The predicted molar refractivity (Wildman–Crippen MR) is 112 cm³/mol. The van der Waals surface area contributed by atoms with E-state index in [-0.39, 0.29) is 24.1 Å². The lowest BCUT2D eigenvalue weighted by Gasteiger charge is -2.16. The van der Waals surface area contributed by atoms with Crippen molar-refractivity contribution in [1.82, 2.24) is 19.4 Å². The van der Waals surface area contributed by atoms with Crippen molar-refractivity contribution in [2.45, 2.75) is 64.6 Å². The van der Waals surface area contributed by atoms with Crippen LogP contribution < -0.4 is 10.9 Å². The molecule has 5 rings (SSSR count). The van der Waals surface area contributed by atoms with Crippen molar-refractivity contribution in [3.8, 4) is 0 Å². The van der Waals surface area contributed by atoms with E-state index in [0.29, 0.717) is 17.6 Å². The van der Waals surface area contributed by atoms with E-state index in [9.17, 15) is 9.59 Å². The summed E-state index contributed by atoms with van der Waals surface area (Å²) in [6, 6.07) is 10.3. The molecule has 3 aromatic rings. The average Bonchev–Trinajstić information content (AvgIpc) is 3.14. The van der Waals surface area contributed by atoms with Crippen molar-refractivity contribution in [3.05, 3.63) is 63.3 Å². The molecule has 0 fully saturated rings. The summed E-state index contributed by atoms with van der Waals surface area (Å²) in [6.07, 6.45) is 5.96. The molecule has 0 saturated heterocycles. The lowest BCUT2D eigenvalue weighted by atomic mass is 10.1. The van der Waals surface area contributed by atoms with Crippen molar-refractivity contribution in [3.63, 3.8) is 0 Å². The zero-order valence-corrected chi connectivity index (χ0v) is 16.8. The Labute approximate surface area is 169 Å². The molecule has 1 N–H and O–H groups in total. The first-order valence-electron chi connectivity index (χ1n) is 10.6. The average molecular weight is 390 g/mol. The van der Waals surface area contributed by atoms with Crippen LogP contribution in [0.4, 0.5) is 0 Å². The third-order valence-electron chi connectivity index (χ3n) is 6.34. The van der Waals surface area contributed by atoms with Gasteiger partial charge < -0.3 is 9.88 Å². The van der Waals surface area contributed by atoms with E-state index in [1.165, 1.54) is 11.1 Å². The lowest BCUT2D eigenvalue weighted by Crippen LogP contribution is -2.32. The van der Waals surface area contributed by atoms with Crippen molar-refractivity contribution < 1.29 is 4.79 Å². The summed E-state index contributed by atoms with van der Waals surface area (Å²) in [4.78, 5) is 30.9. The number of fused-ring (bicyclic) bond motifs is 3. The molecule has 2 aliphatic rings. The van der Waals surface area contributed by atoms with Crippen LogP contribution in [-0.4, -0.2) is 20.0 Å². The Bertz CT molecular complexity index is 1160. The topological polar surface area (TPSA) is 68.9 Å². The Morgan fingerprint density at radius 2 is 2.07 bits per heavy atom. The van der Waals surface area contributed by atoms with E-state index in [2.05, 4.69) is 17.4 Å². The first-order valence-corrected chi connectivity index (χ1v) is 10.6. The molecule has 6 nitrogen and oxygen atoms in total. The van der Waals surface area contributed by atoms with Crippen molar-refractivity contribution in [2.24, 2.45) is 0 Å². The number of hydrogen-bond acceptors (Lipinski definition) is 3. The highest BCUT2D eigenvalue weighted by Gasteiger charge is 2.24. The van der Waals surface area contributed by atoms with Crippen molar-refractivity contribution in [1.29, 1.82) is 0 Å². The molecule has 6 heteroatoms. The zero-order valence-electron chi connectivity index (χ0n) is 16.8.